The summed E-state index contributed by atoms with van der Waals surface area (Å²) in [7, 11) is 0. The van der Waals surface area contributed by atoms with Gasteiger partial charge in [0, 0.05) is 6.20 Å². The van der Waals surface area contributed by atoms with Gasteiger partial charge in [-0.1, -0.05) is 21.9 Å². The molecule has 0 spiro atoms. The summed E-state index contributed by atoms with van der Waals surface area (Å²) >= 11 is 3.17. The van der Waals surface area contributed by atoms with Crippen molar-refractivity contribution < 1.29 is 0 Å². The number of rotatable bonds is 0. The van der Waals surface area contributed by atoms with Crippen molar-refractivity contribution in [2.24, 2.45) is 0 Å². The fourth-order valence-corrected chi connectivity index (χ4v) is 0.852. The van der Waals surface area contributed by atoms with E-state index >= 15 is 0 Å². The molecule has 0 radical (unpaired) electrons. The van der Waals surface area contributed by atoms with Crippen molar-refractivity contribution in [1.82, 2.24) is 4.98 Å². The van der Waals surface area contributed by atoms with Crippen LogP contribution in [0.15, 0.2) is 18.3 Å². The second-order valence-electron chi connectivity index (χ2n) is 1.95. The molecule has 1 aromatic rings. The molecule has 12 heavy (non-hydrogen) atoms. The zero-order valence-electron chi connectivity index (χ0n) is 6.21. The van der Waals surface area contributed by atoms with Crippen LogP contribution < -0.4 is 0 Å². The minimum absolute atomic E-state index is 0.519. The summed E-state index contributed by atoms with van der Waals surface area (Å²) < 4.78 is 0. The molecule has 0 amide bonds. The Kier molecular flexibility index (Phi) is 3.32. The van der Waals surface area contributed by atoms with Crippen LogP contribution >= 0.6 is 15.9 Å². The van der Waals surface area contributed by atoms with E-state index < -0.39 is 0 Å². The summed E-state index contributed by atoms with van der Waals surface area (Å²) in [6, 6.07) is 5.44. The molecule has 3 heteroatoms. The molecule has 2 nitrogen and oxygen atoms in total. The van der Waals surface area contributed by atoms with Gasteiger partial charge in [0.1, 0.15) is 11.8 Å². The van der Waals surface area contributed by atoms with Crippen LogP contribution in [0.4, 0.5) is 0 Å². The highest BCUT2D eigenvalue weighted by Crippen LogP contribution is 2.00. The van der Waals surface area contributed by atoms with Gasteiger partial charge in [-0.3, -0.25) is 0 Å². The summed E-state index contributed by atoms with van der Waals surface area (Å²) in [5.74, 6) is 5.58. The van der Waals surface area contributed by atoms with Crippen LogP contribution in [0.5, 0.6) is 0 Å². The van der Waals surface area contributed by atoms with E-state index in [-0.39, 0.29) is 0 Å². The summed E-state index contributed by atoms with van der Waals surface area (Å²) in [5.41, 5.74) is 1.06. The van der Waals surface area contributed by atoms with E-state index in [1.165, 1.54) is 0 Å². The van der Waals surface area contributed by atoms with Crippen molar-refractivity contribution in [3.8, 4) is 17.9 Å². The van der Waals surface area contributed by atoms with Crippen molar-refractivity contribution >= 4 is 15.9 Å². The molecule has 1 aromatic heterocycles. The number of hydrogen-bond donors (Lipinski definition) is 0. The highest BCUT2D eigenvalue weighted by Gasteiger charge is 1.96. The van der Waals surface area contributed by atoms with E-state index in [1.807, 2.05) is 6.07 Å². The Morgan fingerprint density at radius 2 is 2.42 bits per heavy atom. The lowest BCUT2D eigenvalue weighted by atomic mass is 10.2. The van der Waals surface area contributed by atoms with Gasteiger partial charge >= 0.3 is 0 Å². The molecule has 0 aliphatic rings. The van der Waals surface area contributed by atoms with Crippen LogP contribution in [-0.2, 0) is 0 Å². The number of alkyl halides is 1. The summed E-state index contributed by atoms with van der Waals surface area (Å²) in [6.07, 6.45) is 1.62. The summed E-state index contributed by atoms with van der Waals surface area (Å²) in [6.45, 7) is 0. The van der Waals surface area contributed by atoms with Crippen molar-refractivity contribution in [3.05, 3.63) is 29.6 Å². The van der Waals surface area contributed by atoms with Crippen molar-refractivity contribution in [2.45, 2.75) is 0 Å². The molecule has 0 N–H and O–H groups in total. The first-order valence-corrected chi connectivity index (χ1v) is 4.40. The molecule has 1 rings (SSSR count). The van der Waals surface area contributed by atoms with Crippen LogP contribution in [-0.4, -0.2) is 10.3 Å². The van der Waals surface area contributed by atoms with E-state index in [0.29, 0.717) is 16.6 Å². The average Bonchev–Trinajstić information content (AvgIpc) is 2.15. The molecule has 58 valence electrons. The molecule has 0 bridgehead atoms. The lowest BCUT2D eigenvalue weighted by molar-refractivity contribution is 1.26. The number of pyridine rings is 1. The van der Waals surface area contributed by atoms with Gasteiger partial charge in [-0.15, -0.1) is 0 Å². The molecule has 0 aromatic carbocycles. The number of nitriles is 1. The van der Waals surface area contributed by atoms with Crippen molar-refractivity contribution in [3.63, 3.8) is 0 Å². The number of aromatic nitrogens is 1. The summed E-state index contributed by atoms with van der Waals surface area (Å²) in [4.78, 5) is 3.97. The van der Waals surface area contributed by atoms with Gasteiger partial charge in [-0.05, 0) is 18.1 Å². The Labute approximate surface area is 79.4 Å². The van der Waals surface area contributed by atoms with E-state index in [2.05, 4.69) is 32.8 Å². The second kappa shape index (κ2) is 4.54. The maximum atomic E-state index is 8.65. The highest BCUT2D eigenvalue weighted by molar-refractivity contribution is 9.09. The minimum Gasteiger partial charge on any atom is -0.246 e. The Hall–Kier alpha value is -1.32. The quantitative estimate of drug-likeness (QED) is 0.493. The molecule has 0 saturated heterocycles. The highest BCUT2D eigenvalue weighted by atomic mass is 79.9. The van der Waals surface area contributed by atoms with Crippen LogP contribution in [0.1, 0.15) is 11.3 Å². The van der Waals surface area contributed by atoms with Gasteiger partial charge in [0.15, 0.2) is 0 Å². The van der Waals surface area contributed by atoms with Gasteiger partial charge in [-0.25, -0.2) is 4.98 Å². The molecule has 0 fully saturated rings. The molecule has 0 aliphatic heterocycles. The van der Waals surface area contributed by atoms with E-state index in [4.69, 9.17) is 5.26 Å². The van der Waals surface area contributed by atoms with Crippen LogP contribution in [0.3, 0.4) is 0 Å². The molecule has 1 heterocycles. The molecule has 0 saturated carbocycles. The molecular weight excluding hydrogens is 216 g/mol. The second-order valence-corrected chi connectivity index (χ2v) is 2.51. The first-order chi connectivity index (χ1) is 5.88. The maximum absolute atomic E-state index is 8.65. The third kappa shape index (κ3) is 2.08. The van der Waals surface area contributed by atoms with E-state index in [0.717, 1.165) is 0 Å². The first-order valence-electron chi connectivity index (χ1n) is 3.28. The number of halogens is 1. The third-order valence-corrected chi connectivity index (χ3v) is 1.48. The maximum Gasteiger partial charge on any atom is 0.130 e. The van der Waals surface area contributed by atoms with Gasteiger partial charge in [0.05, 0.1) is 10.9 Å². The smallest absolute Gasteiger partial charge is 0.130 e. The van der Waals surface area contributed by atoms with Crippen LogP contribution in [0.25, 0.3) is 0 Å². The van der Waals surface area contributed by atoms with Gasteiger partial charge in [0.25, 0.3) is 0 Å². The Bertz CT molecular complexity index is 368. The number of nitrogens with zero attached hydrogens (tertiary/aromatic N) is 2. The zero-order valence-corrected chi connectivity index (χ0v) is 7.80. The predicted molar refractivity (Wildman–Crippen MR) is 49.6 cm³/mol. The standard InChI is InChI=1S/C9H5BrN2/c10-5-1-4-9-8(7-11)3-2-6-12-9/h2-3,6H,5H2. The summed E-state index contributed by atoms with van der Waals surface area (Å²) in [5, 5.41) is 9.24. The van der Waals surface area contributed by atoms with E-state index in [9.17, 15) is 0 Å². The van der Waals surface area contributed by atoms with Gasteiger partial charge < -0.3 is 0 Å². The van der Waals surface area contributed by atoms with E-state index in [1.54, 1.807) is 18.3 Å². The average molecular weight is 221 g/mol. The van der Waals surface area contributed by atoms with Crippen LogP contribution in [0, 0.1) is 23.2 Å². The van der Waals surface area contributed by atoms with Crippen LogP contribution in [0.2, 0.25) is 0 Å². The van der Waals surface area contributed by atoms with Crippen molar-refractivity contribution in [1.29, 1.82) is 5.26 Å². The molecule has 0 aliphatic carbocycles. The third-order valence-electron chi connectivity index (χ3n) is 1.20. The monoisotopic (exact) mass is 220 g/mol. The minimum atomic E-state index is 0.519. The van der Waals surface area contributed by atoms with Crippen molar-refractivity contribution in [2.75, 3.05) is 5.33 Å². The van der Waals surface area contributed by atoms with Gasteiger partial charge in [0.2, 0.25) is 0 Å². The molecule has 0 unspecified atom stereocenters. The van der Waals surface area contributed by atoms with Gasteiger partial charge in [-0.2, -0.15) is 5.26 Å². The fraction of sp³-hybridized carbons (Fsp3) is 0.111. The fourth-order valence-electron chi connectivity index (χ4n) is 0.712. The molecular formula is C9H5BrN2. The Morgan fingerprint density at radius 3 is 3.08 bits per heavy atom. The lowest BCUT2D eigenvalue weighted by Gasteiger charge is -1.90. The number of hydrogen-bond acceptors (Lipinski definition) is 2. The largest absolute Gasteiger partial charge is 0.246 e. The Balaban J connectivity index is 3.07. The lowest BCUT2D eigenvalue weighted by Crippen LogP contribution is -1.86. The first kappa shape index (κ1) is 8.77. The topological polar surface area (TPSA) is 36.7 Å². The molecule has 0 atom stereocenters. The normalized spacial score (nSPS) is 8.00. The Morgan fingerprint density at radius 1 is 1.58 bits per heavy atom. The SMILES string of the molecule is N#Cc1cccnc1C#CCBr. The predicted octanol–water partition coefficient (Wildman–Crippen LogP) is 1.70. The zero-order chi connectivity index (χ0) is 8.81.